The lowest BCUT2D eigenvalue weighted by Crippen LogP contribution is -2.41. The molecular weight excluding hydrogens is 290 g/mol. The predicted octanol–water partition coefficient (Wildman–Crippen LogP) is 2.54. The third kappa shape index (κ3) is 4.16. The molecule has 1 aromatic rings. The summed E-state index contributed by atoms with van der Waals surface area (Å²) in [5, 5.41) is 6.14. The molecule has 0 radical (unpaired) electrons. The maximum Gasteiger partial charge on any atom is 0.315 e. The zero-order valence-electron chi connectivity index (χ0n) is 13.9. The Labute approximate surface area is 138 Å². The van der Waals surface area contributed by atoms with Crippen LogP contribution in [0.25, 0.3) is 0 Å². The number of carbonyl (C=O) groups is 1. The molecule has 126 valence electrons. The monoisotopic (exact) mass is 317 g/mol. The number of carbonyl (C=O) groups excluding carboxylic acids is 1. The molecule has 0 aliphatic carbocycles. The lowest BCUT2D eigenvalue weighted by Gasteiger charge is -2.26. The molecule has 5 nitrogen and oxygen atoms in total. The summed E-state index contributed by atoms with van der Waals surface area (Å²) in [6.07, 6.45) is 3.20. The molecule has 2 N–H and O–H groups in total. The van der Waals surface area contributed by atoms with Gasteiger partial charge in [-0.2, -0.15) is 0 Å². The number of hydrogen-bond donors (Lipinski definition) is 2. The van der Waals surface area contributed by atoms with E-state index in [0.29, 0.717) is 12.5 Å². The molecule has 1 saturated heterocycles. The predicted molar refractivity (Wildman–Crippen MR) is 90.7 cm³/mol. The first-order valence-corrected chi connectivity index (χ1v) is 8.74. The van der Waals surface area contributed by atoms with Crippen LogP contribution in [0.5, 0.6) is 5.75 Å². The van der Waals surface area contributed by atoms with Gasteiger partial charge in [0.15, 0.2) is 0 Å². The number of para-hydroxylation sites is 1. The first-order valence-electron chi connectivity index (χ1n) is 8.74. The summed E-state index contributed by atoms with van der Waals surface area (Å²) in [4.78, 5) is 14.7. The average Bonchev–Trinajstić information content (AvgIpc) is 3.01. The Kier molecular flexibility index (Phi) is 5.39. The summed E-state index contributed by atoms with van der Waals surface area (Å²) in [5.41, 5.74) is 1.07. The minimum atomic E-state index is -0.0688. The summed E-state index contributed by atoms with van der Waals surface area (Å²) < 4.78 is 5.63. The molecule has 2 atom stereocenters. The molecule has 2 amide bonds. The number of urea groups is 1. The number of amides is 2. The summed E-state index contributed by atoms with van der Waals surface area (Å²) in [6.45, 7) is 7.06. The van der Waals surface area contributed by atoms with Crippen LogP contribution < -0.4 is 15.4 Å². The van der Waals surface area contributed by atoms with Gasteiger partial charge >= 0.3 is 6.03 Å². The van der Waals surface area contributed by atoms with Crippen LogP contribution in [0.4, 0.5) is 4.79 Å². The number of rotatable bonds is 5. The fourth-order valence-corrected chi connectivity index (χ4v) is 3.54. The molecule has 2 aliphatic heterocycles. The minimum Gasteiger partial charge on any atom is -0.493 e. The summed E-state index contributed by atoms with van der Waals surface area (Å²) in [6, 6.07) is 7.91. The largest absolute Gasteiger partial charge is 0.493 e. The van der Waals surface area contributed by atoms with Gasteiger partial charge in [0.05, 0.1) is 12.6 Å². The van der Waals surface area contributed by atoms with Gasteiger partial charge in [0.1, 0.15) is 5.75 Å². The Morgan fingerprint density at radius 2 is 2.22 bits per heavy atom. The second-order valence-corrected chi connectivity index (χ2v) is 6.54. The molecule has 1 fully saturated rings. The summed E-state index contributed by atoms with van der Waals surface area (Å²) in [5.74, 6) is 1.46. The van der Waals surface area contributed by atoms with Crippen LogP contribution >= 0.6 is 0 Å². The molecular formula is C18H27N3O2. The van der Waals surface area contributed by atoms with Gasteiger partial charge < -0.3 is 20.3 Å². The van der Waals surface area contributed by atoms with Crippen LogP contribution in [0.15, 0.2) is 24.3 Å². The van der Waals surface area contributed by atoms with Crippen molar-refractivity contribution in [3.63, 3.8) is 0 Å². The molecule has 0 bridgehead atoms. The number of nitrogens with zero attached hydrogens (tertiary/aromatic N) is 1. The van der Waals surface area contributed by atoms with Gasteiger partial charge in [-0.25, -0.2) is 4.79 Å². The zero-order chi connectivity index (χ0) is 16.1. The second-order valence-electron chi connectivity index (χ2n) is 6.54. The highest BCUT2D eigenvalue weighted by Crippen LogP contribution is 2.31. The first-order chi connectivity index (χ1) is 11.3. The van der Waals surface area contributed by atoms with E-state index in [0.717, 1.165) is 37.4 Å². The minimum absolute atomic E-state index is 0.0418. The van der Waals surface area contributed by atoms with Crippen LogP contribution in [0.3, 0.4) is 0 Å². The molecule has 5 heteroatoms. The molecule has 0 aromatic heterocycles. The van der Waals surface area contributed by atoms with Crippen molar-refractivity contribution in [3.8, 4) is 5.75 Å². The van der Waals surface area contributed by atoms with Crippen molar-refractivity contribution in [2.24, 2.45) is 5.92 Å². The summed E-state index contributed by atoms with van der Waals surface area (Å²) >= 11 is 0. The van der Waals surface area contributed by atoms with E-state index < -0.39 is 0 Å². The van der Waals surface area contributed by atoms with Crippen molar-refractivity contribution in [3.05, 3.63) is 29.8 Å². The molecule has 3 rings (SSSR count). The molecule has 2 heterocycles. The average molecular weight is 317 g/mol. The van der Waals surface area contributed by atoms with Crippen LogP contribution in [-0.2, 0) is 0 Å². The lowest BCUT2D eigenvalue weighted by molar-refractivity contribution is 0.221. The lowest BCUT2D eigenvalue weighted by atomic mass is 10.0. The zero-order valence-corrected chi connectivity index (χ0v) is 13.9. The van der Waals surface area contributed by atoms with Gasteiger partial charge in [-0.15, -0.1) is 0 Å². The molecule has 0 unspecified atom stereocenters. The third-order valence-electron chi connectivity index (χ3n) is 4.72. The van der Waals surface area contributed by atoms with Gasteiger partial charge in [0, 0.05) is 25.1 Å². The maximum atomic E-state index is 12.2. The van der Waals surface area contributed by atoms with E-state index in [4.69, 9.17) is 4.74 Å². The molecule has 0 spiro atoms. The normalized spacial score (nSPS) is 23.9. The van der Waals surface area contributed by atoms with E-state index in [1.54, 1.807) is 0 Å². The van der Waals surface area contributed by atoms with Gasteiger partial charge in [0.2, 0.25) is 0 Å². The Hall–Kier alpha value is -1.75. The third-order valence-corrected chi connectivity index (χ3v) is 4.72. The van der Waals surface area contributed by atoms with Gasteiger partial charge in [-0.3, -0.25) is 0 Å². The second kappa shape index (κ2) is 7.68. The van der Waals surface area contributed by atoms with Gasteiger partial charge in [-0.05, 0) is 37.9 Å². The SMILES string of the molecule is CCCN1CC[C@@H](CNC(=O)N[C@@H]2CCOc3ccccc32)C1. The van der Waals surface area contributed by atoms with E-state index in [9.17, 15) is 4.79 Å². The number of ether oxygens (including phenoxy) is 1. The van der Waals surface area contributed by atoms with E-state index in [1.165, 1.54) is 19.4 Å². The van der Waals surface area contributed by atoms with E-state index in [2.05, 4.69) is 22.5 Å². The maximum absolute atomic E-state index is 12.2. The van der Waals surface area contributed by atoms with E-state index >= 15 is 0 Å². The highest BCUT2D eigenvalue weighted by atomic mass is 16.5. The highest BCUT2D eigenvalue weighted by Gasteiger charge is 2.24. The molecule has 0 saturated carbocycles. The Morgan fingerprint density at radius 3 is 3.09 bits per heavy atom. The summed E-state index contributed by atoms with van der Waals surface area (Å²) in [7, 11) is 0. The quantitative estimate of drug-likeness (QED) is 0.877. The molecule has 23 heavy (non-hydrogen) atoms. The Morgan fingerprint density at radius 1 is 1.35 bits per heavy atom. The van der Waals surface area contributed by atoms with Crippen molar-refractivity contribution >= 4 is 6.03 Å². The smallest absolute Gasteiger partial charge is 0.315 e. The standard InChI is InChI=1S/C18H27N3O2/c1-2-9-21-10-7-14(13-21)12-19-18(22)20-16-8-11-23-17-6-4-3-5-15(16)17/h3-6,14,16H,2,7-13H2,1H3,(H2,19,20,22)/t14-,16+/m0/s1. The van der Waals surface area contributed by atoms with E-state index in [-0.39, 0.29) is 12.1 Å². The van der Waals surface area contributed by atoms with Crippen molar-refractivity contribution in [2.75, 3.05) is 32.8 Å². The Balaban J connectivity index is 1.46. The molecule has 2 aliphatic rings. The topological polar surface area (TPSA) is 53.6 Å². The van der Waals surface area contributed by atoms with Crippen LogP contribution in [0, 0.1) is 5.92 Å². The first kappa shape index (κ1) is 16.1. The van der Waals surface area contributed by atoms with Crippen molar-refractivity contribution in [1.29, 1.82) is 0 Å². The van der Waals surface area contributed by atoms with Crippen LogP contribution in [0.1, 0.15) is 37.8 Å². The van der Waals surface area contributed by atoms with E-state index in [1.807, 2.05) is 24.3 Å². The number of likely N-dealkylation sites (tertiary alicyclic amines) is 1. The highest BCUT2D eigenvalue weighted by molar-refractivity contribution is 5.74. The van der Waals surface area contributed by atoms with Crippen LogP contribution in [-0.4, -0.2) is 43.7 Å². The number of hydrogen-bond acceptors (Lipinski definition) is 3. The number of fused-ring (bicyclic) bond motifs is 1. The van der Waals surface area contributed by atoms with Crippen LogP contribution in [0.2, 0.25) is 0 Å². The number of nitrogens with one attached hydrogen (secondary N) is 2. The Bertz CT molecular complexity index is 535. The van der Waals surface area contributed by atoms with Crippen molar-refractivity contribution < 1.29 is 9.53 Å². The van der Waals surface area contributed by atoms with Gasteiger partial charge in [0.25, 0.3) is 0 Å². The number of benzene rings is 1. The fraction of sp³-hybridized carbons (Fsp3) is 0.611. The fourth-order valence-electron chi connectivity index (χ4n) is 3.54. The van der Waals surface area contributed by atoms with Crippen molar-refractivity contribution in [2.45, 2.75) is 32.2 Å². The van der Waals surface area contributed by atoms with Crippen molar-refractivity contribution in [1.82, 2.24) is 15.5 Å². The van der Waals surface area contributed by atoms with Gasteiger partial charge in [-0.1, -0.05) is 25.1 Å². The molecule has 1 aromatic carbocycles.